The second-order valence-corrected chi connectivity index (χ2v) is 5.19. The van der Waals surface area contributed by atoms with Gasteiger partial charge in [0.1, 0.15) is 24.3 Å². The maximum atomic E-state index is 12.7. The van der Waals surface area contributed by atoms with Gasteiger partial charge in [0.25, 0.3) is 0 Å². The van der Waals surface area contributed by atoms with Gasteiger partial charge in [-0.25, -0.2) is 4.39 Å². The third kappa shape index (κ3) is 4.77. The van der Waals surface area contributed by atoms with Crippen LogP contribution in [-0.4, -0.2) is 24.4 Å². The van der Waals surface area contributed by atoms with E-state index in [-0.39, 0.29) is 19.0 Å². The number of hydrogen-bond acceptors (Lipinski definition) is 3. The first-order valence-electron chi connectivity index (χ1n) is 6.30. The van der Waals surface area contributed by atoms with Gasteiger partial charge in [-0.15, -0.1) is 0 Å². The largest absolute Gasteiger partial charge is 0.491 e. The van der Waals surface area contributed by atoms with Crippen LogP contribution >= 0.6 is 23.2 Å². The number of hydrogen-bond donors (Lipinski definition) is 2. The molecule has 0 aliphatic carbocycles. The van der Waals surface area contributed by atoms with Crippen molar-refractivity contribution in [3.05, 3.63) is 58.3 Å². The van der Waals surface area contributed by atoms with Crippen LogP contribution in [0.3, 0.4) is 0 Å². The highest BCUT2D eigenvalue weighted by Crippen LogP contribution is 2.29. The average molecular weight is 330 g/mol. The van der Waals surface area contributed by atoms with E-state index in [1.54, 1.807) is 18.2 Å². The molecule has 0 amide bonds. The lowest BCUT2D eigenvalue weighted by Gasteiger charge is -2.15. The molecule has 3 nitrogen and oxygen atoms in total. The van der Waals surface area contributed by atoms with E-state index in [9.17, 15) is 9.50 Å². The van der Waals surface area contributed by atoms with Crippen LogP contribution in [0, 0.1) is 5.82 Å². The first kappa shape index (κ1) is 15.9. The molecule has 2 N–H and O–H groups in total. The normalized spacial score (nSPS) is 12.0. The van der Waals surface area contributed by atoms with Crippen molar-refractivity contribution in [2.24, 2.45) is 0 Å². The fourth-order valence-electron chi connectivity index (χ4n) is 1.65. The van der Waals surface area contributed by atoms with Crippen LogP contribution in [0.1, 0.15) is 0 Å². The summed E-state index contributed by atoms with van der Waals surface area (Å²) in [5.74, 6) is 0.163. The molecular formula is C15H14Cl2FNO2. The van der Waals surface area contributed by atoms with Gasteiger partial charge in [0.05, 0.1) is 15.7 Å². The van der Waals surface area contributed by atoms with Crippen molar-refractivity contribution in [2.45, 2.75) is 6.10 Å². The number of benzene rings is 2. The Morgan fingerprint density at radius 2 is 1.86 bits per heavy atom. The van der Waals surface area contributed by atoms with Crippen molar-refractivity contribution in [3.63, 3.8) is 0 Å². The molecule has 0 aromatic heterocycles. The van der Waals surface area contributed by atoms with Crippen LogP contribution in [0.4, 0.5) is 10.1 Å². The van der Waals surface area contributed by atoms with Gasteiger partial charge >= 0.3 is 0 Å². The third-order valence-corrected chi connectivity index (χ3v) is 3.55. The van der Waals surface area contributed by atoms with E-state index in [1.807, 2.05) is 0 Å². The lowest BCUT2D eigenvalue weighted by Crippen LogP contribution is -2.26. The summed E-state index contributed by atoms with van der Waals surface area (Å²) in [5, 5.41) is 13.7. The van der Waals surface area contributed by atoms with Crippen LogP contribution in [0.25, 0.3) is 0 Å². The van der Waals surface area contributed by atoms with E-state index in [4.69, 9.17) is 27.9 Å². The molecule has 2 aromatic rings. The molecule has 0 spiro atoms. The van der Waals surface area contributed by atoms with Crippen molar-refractivity contribution in [1.82, 2.24) is 0 Å². The Labute approximate surface area is 132 Å². The summed E-state index contributed by atoms with van der Waals surface area (Å²) in [4.78, 5) is 0. The number of aliphatic hydroxyl groups is 1. The third-order valence-electron chi connectivity index (χ3n) is 2.74. The van der Waals surface area contributed by atoms with Crippen molar-refractivity contribution in [3.8, 4) is 5.75 Å². The highest BCUT2D eigenvalue weighted by atomic mass is 35.5. The van der Waals surface area contributed by atoms with Gasteiger partial charge in [0, 0.05) is 6.54 Å². The smallest absolute Gasteiger partial charge is 0.123 e. The van der Waals surface area contributed by atoms with E-state index >= 15 is 0 Å². The summed E-state index contributed by atoms with van der Waals surface area (Å²) in [6.07, 6.45) is -0.745. The summed E-state index contributed by atoms with van der Waals surface area (Å²) < 4.78 is 18.1. The summed E-state index contributed by atoms with van der Waals surface area (Å²) in [6.45, 7) is 0.331. The molecule has 2 rings (SSSR count). The molecule has 1 unspecified atom stereocenters. The first-order chi connectivity index (χ1) is 10.1. The molecule has 6 heteroatoms. The number of anilines is 1. The van der Waals surface area contributed by atoms with Gasteiger partial charge < -0.3 is 15.2 Å². The van der Waals surface area contributed by atoms with Gasteiger partial charge in [-0.05, 0) is 36.4 Å². The van der Waals surface area contributed by atoms with Crippen molar-refractivity contribution < 1.29 is 14.2 Å². The SMILES string of the molecule is OC(CNc1cccc(Cl)c1Cl)COc1ccc(F)cc1. The summed E-state index contributed by atoms with van der Waals surface area (Å²) in [7, 11) is 0. The lowest BCUT2D eigenvalue weighted by molar-refractivity contribution is 0.117. The Morgan fingerprint density at radius 3 is 2.57 bits per heavy atom. The van der Waals surface area contributed by atoms with Crippen LogP contribution in [0.5, 0.6) is 5.75 Å². The second-order valence-electron chi connectivity index (χ2n) is 4.40. The predicted octanol–water partition coefficient (Wildman–Crippen LogP) is 3.98. The molecule has 1 atom stereocenters. The molecule has 0 bridgehead atoms. The molecule has 0 saturated heterocycles. The molecule has 0 radical (unpaired) electrons. The molecular weight excluding hydrogens is 316 g/mol. The highest BCUT2D eigenvalue weighted by Gasteiger charge is 2.08. The maximum Gasteiger partial charge on any atom is 0.123 e. The van der Waals surface area contributed by atoms with Crippen molar-refractivity contribution in [2.75, 3.05) is 18.5 Å². The van der Waals surface area contributed by atoms with E-state index in [1.165, 1.54) is 24.3 Å². The Morgan fingerprint density at radius 1 is 1.14 bits per heavy atom. The maximum absolute atomic E-state index is 12.7. The van der Waals surface area contributed by atoms with Gasteiger partial charge in [-0.2, -0.15) is 0 Å². The molecule has 0 aliphatic rings. The van der Waals surface area contributed by atoms with Gasteiger partial charge in [0.2, 0.25) is 0 Å². The average Bonchev–Trinajstić information content (AvgIpc) is 2.48. The molecule has 0 aliphatic heterocycles. The number of aliphatic hydroxyl groups excluding tert-OH is 1. The second kappa shape index (κ2) is 7.50. The first-order valence-corrected chi connectivity index (χ1v) is 7.06. The summed E-state index contributed by atoms with van der Waals surface area (Å²) in [5.41, 5.74) is 0.644. The number of nitrogens with one attached hydrogen (secondary N) is 1. The van der Waals surface area contributed by atoms with Crippen LogP contribution in [-0.2, 0) is 0 Å². The molecule has 2 aromatic carbocycles. The van der Waals surface area contributed by atoms with E-state index < -0.39 is 6.10 Å². The Hall–Kier alpha value is -1.49. The fraction of sp³-hybridized carbons (Fsp3) is 0.200. The van der Waals surface area contributed by atoms with Gasteiger partial charge in [0.15, 0.2) is 0 Å². The van der Waals surface area contributed by atoms with Crippen LogP contribution in [0.2, 0.25) is 10.0 Å². The molecule has 112 valence electrons. The zero-order valence-corrected chi connectivity index (χ0v) is 12.5. The summed E-state index contributed by atoms with van der Waals surface area (Å²) in [6, 6.07) is 10.8. The van der Waals surface area contributed by atoms with E-state index in [0.29, 0.717) is 21.5 Å². The van der Waals surface area contributed by atoms with Crippen LogP contribution in [0.15, 0.2) is 42.5 Å². The van der Waals surface area contributed by atoms with Crippen LogP contribution < -0.4 is 10.1 Å². The summed E-state index contributed by atoms with van der Waals surface area (Å²) >= 11 is 11.9. The minimum atomic E-state index is -0.745. The minimum Gasteiger partial charge on any atom is -0.491 e. The minimum absolute atomic E-state index is 0.0802. The zero-order chi connectivity index (χ0) is 15.2. The Bertz CT molecular complexity index is 593. The van der Waals surface area contributed by atoms with E-state index in [0.717, 1.165) is 0 Å². The van der Waals surface area contributed by atoms with E-state index in [2.05, 4.69) is 5.32 Å². The molecule has 0 heterocycles. The predicted molar refractivity (Wildman–Crippen MR) is 82.9 cm³/mol. The molecule has 0 saturated carbocycles. The Kier molecular flexibility index (Phi) is 5.67. The lowest BCUT2D eigenvalue weighted by atomic mass is 10.3. The monoisotopic (exact) mass is 329 g/mol. The molecule has 0 fully saturated rings. The number of ether oxygens (including phenoxy) is 1. The standard InChI is InChI=1S/C15H14Cl2FNO2/c16-13-2-1-3-14(15(13)17)19-8-11(20)9-21-12-6-4-10(18)5-7-12/h1-7,11,19-20H,8-9H2. The number of rotatable bonds is 6. The quantitative estimate of drug-likeness (QED) is 0.842. The van der Waals surface area contributed by atoms with Gasteiger partial charge in [-0.3, -0.25) is 0 Å². The fourth-order valence-corrected chi connectivity index (χ4v) is 2.02. The van der Waals surface area contributed by atoms with Gasteiger partial charge in [-0.1, -0.05) is 29.3 Å². The molecule has 21 heavy (non-hydrogen) atoms. The highest BCUT2D eigenvalue weighted by molar-refractivity contribution is 6.43. The van der Waals surface area contributed by atoms with Crippen molar-refractivity contribution >= 4 is 28.9 Å². The Balaban J connectivity index is 1.80. The number of halogens is 3. The van der Waals surface area contributed by atoms with Crippen molar-refractivity contribution in [1.29, 1.82) is 0 Å². The topological polar surface area (TPSA) is 41.5 Å². The zero-order valence-electron chi connectivity index (χ0n) is 11.0.